The van der Waals surface area contributed by atoms with Gasteiger partial charge in [0.1, 0.15) is 0 Å². The Morgan fingerprint density at radius 1 is 1.14 bits per heavy atom. The Morgan fingerprint density at radius 3 is 2.71 bits per heavy atom. The van der Waals surface area contributed by atoms with Crippen LogP contribution in [0.15, 0.2) is 0 Å². The van der Waals surface area contributed by atoms with Crippen molar-refractivity contribution < 1.29 is 14.2 Å². The van der Waals surface area contributed by atoms with Crippen molar-refractivity contribution >= 4 is 0 Å². The molecule has 14 heavy (non-hydrogen) atoms. The van der Waals surface area contributed by atoms with E-state index in [0.717, 1.165) is 59.1 Å². The molecule has 0 saturated carbocycles. The van der Waals surface area contributed by atoms with Gasteiger partial charge in [-0.05, 0) is 6.42 Å². The lowest BCUT2D eigenvalue weighted by atomic mass is 10.3. The average molecular weight is 201 g/mol. The first-order valence-electron chi connectivity index (χ1n) is 5.44. The van der Waals surface area contributed by atoms with Gasteiger partial charge in [0.15, 0.2) is 0 Å². The van der Waals surface area contributed by atoms with Gasteiger partial charge in [-0.1, -0.05) is 0 Å². The third-order valence-electron chi connectivity index (χ3n) is 2.75. The van der Waals surface area contributed by atoms with Gasteiger partial charge < -0.3 is 14.2 Å². The van der Waals surface area contributed by atoms with Crippen molar-refractivity contribution in [1.82, 2.24) is 4.90 Å². The van der Waals surface area contributed by atoms with Crippen molar-refractivity contribution in [3.63, 3.8) is 0 Å². The highest BCUT2D eigenvalue weighted by molar-refractivity contribution is 4.65. The fourth-order valence-electron chi connectivity index (χ4n) is 1.82. The molecule has 0 aromatic heterocycles. The molecule has 2 saturated heterocycles. The Labute approximate surface area is 85.1 Å². The highest BCUT2D eigenvalue weighted by Crippen LogP contribution is 2.08. The highest BCUT2D eigenvalue weighted by atomic mass is 16.5. The van der Waals surface area contributed by atoms with Crippen molar-refractivity contribution in [2.24, 2.45) is 0 Å². The van der Waals surface area contributed by atoms with Crippen LogP contribution in [0.4, 0.5) is 0 Å². The Kier molecular flexibility index (Phi) is 4.19. The Bertz CT molecular complexity index is 153. The van der Waals surface area contributed by atoms with Crippen LogP contribution in [0.25, 0.3) is 0 Å². The zero-order valence-electron chi connectivity index (χ0n) is 8.61. The molecular weight excluding hydrogens is 182 g/mol. The van der Waals surface area contributed by atoms with Crippen LogP contribution in [0.5, 0.6) is 0 Å². The first-order valence-corrected chi connectivity index (χ1v) is 5.44. The molecule has 0 spiro atoms. The lowest BCUT2D eigenvalue weighted by Crippen LogP contribution is -2.38. The molecule has 0 aromatic rings. The van der Waals surface area contributed by atoms with Gasteiger partial charge in [0, 0.05) is 26.2 Å². The summed E-state index contributed by atoms with van der Waals surface area (Å²) in [5.41, 5.74) is 0. The van der Waals surface area contributed by atoms with E-state index in [-0.39, 0.29) is 0 Å². The minimum Gasteiger partial charge on any atom is -0.379 e. The van der Waals surface area contributed by atoms with Gasteiger partial charge in [-0.2, -0.15) is 0 Å². The van der Waals surface area contributed by atoms with E-state index >= 15 is 0 Å². The largest absolute Gasteiger partial charge is 0.379 e. The molecule has 1 atom stereocenters. The third-order valence-corrected chi connectivity index (χ3v) is 2.75. The number of rotatable bonds is 4. The number of nitrogens with zero attached hydrogens (tertiary/aromatic N) is 1. The average Bonchev–Trinajstić information content (AvgIpc) is 2.72. The molecule has 2 rings (SSSR count). The van der Waals surface area contributed by atoms with Crippen molar-refractivity contribution in [1.29, 1.82) is 0 Å². The lowest BCUT2D eigenvalue weighted by molar-refractivity contribution is -0.000577. The van der Waals surface area contributed by atoms with E-state index in [9.17, 15) is 0 Å². The molecule has 4 nitrogen and oxygen atoms in total. The quantitative estimate of drug-likeness (QED) is 0.646. The monoisotopic (exact) mass is 201 g/mol. The Balaban J connectivity index is 1.52. The van der Waals surface area contributed by atoms with E-state index in [0.29, 0.717) is 6.10 Å². The summed E-state index contributed by atoms with van der Waals surface area (Å²) in [6.45, 7) is 7.33. The molecular formula is C10H19NO3. The molecule has 2 fully saturated rings. The highest BCUT2D eigenvalue weighted by Gasteiger charge is 2.16. The molecule has 2 heterocycles. The topological polar surface area (TPSA) is 30.9 Å². The van der Waals surface area contributed by atoms with E-state index in [1.807, 2.05) is 0 Å². The summed E-state index contributed by atoms with van der Waals surface area (Å²) in [5.74, 6) is 0. The second-order valence-corrected chi connectivity index (χ2v) is 3.81. The van der Waals surface area contributed by atoms with Crippen LogP contribution in [0, 0.1) is 0 Å². The molecule has 2 aliphatic rings. The van der Waals surface area contributed by atoms with Crippen LogP contribution >= 0.6 is 0 Å². The van der Waals surface area contributed by atoms with Crippen LogP contribution in [-0.2, 0) is 14.2 Å². The first-order chi connectivity index (χ1) is 6.95. The standard InChI is InChI=1S/C10H19NO3/c1-5-13-9-10(1)14-8-4-11-2-6-12-7-3-11/h10H,1-9H2. The van der Waals surface area contributed by atoms with Crippen LogP contribution < -0.4 is 0 Å². The summed E-state index contributed by atoms with van der Waals surface area (Å²) in [4.78, 5) is 2.39. The zero-order chi connectivity index (χ0) is 9.64. The van der Waals surface area contributed by atoms with Gasteiger partial charge in [-0.15, -0.1) is 0 Å². The molecule has 0 aliphatic carbocycles. The summed E-state index contributed by atoms with van der Waals surface area (Å²) in [5, 5.41) is 0. The Hall–Kier alpha value is -0.160. The van der Waals surface area contributed by atoms with Gasteiger partial charge >= 0.3 is 0 Å². The van der Waals surface area contributed by atoms with E-state index < -0.39 is 0 Å². The lowest BCUT2D eigenvalue weighted by Gasteiger charge is -2.26. The SMILES string of the molecule is C1CN(CCOC2CCOC2)CCO1. The fraction of sp³-hybridized carbons (Fsp3) is 1.00. The maximum Gasteiger partial charge on any atom is 0.0831 e. The van der Waals surface area contributed by atoms with E-state index in [1.54, 1.807) is 0 Å². The second-order valence-electron chi connectivity index (χ2n) is 3.81. The number of hydrogen-bond donors (Lipinski definition) is 0. The second kappa shape index (κ2) is 5.66. The van der Waals surface area contributed by atoms with Gasteiger partial charge in [-0.3, -0.25) is 4.90 Å². The normalized spacial score (nSPS) is 29.6. The summed E-state index contributed by atoms with van der Waals surface area (Å²) >= 11 is 0. The number of ether oxygens (including phenoxy) is 3. The molecule has 0 N–H and O–H groups in total. The third kappa shape index (κ3) is 3.20. The molecule has 2 aliphatic heterocycles. The smallest absolute Gasteiger partial charge is 0.0831 e. The van der Waals surface area contributed by atoms with Gasteiger partial charge in [0.25, 0.3) is 0 Å². The van der Waals surface area contributed by atoms with Gasteiger partial charge in [0.2, 0.25) is 0 Å². The minimum atomic E-state index is 0.344. The number of morpholine rings is 1. The van der Waals surface area contributed by atoms with Crippen molar-refractivity contribution in [2.75, 3.05) is 52.7 Å². The molecule has 0 aromatic carbocycles. The predicted octanol–water partition coefficient (Wildman–Crippen LogP) is 0.124. The van der Waals surface area contributed by atoms with E-state index in [4.69, 9.17) is 14.2 Å². The van der Waals surface area contributed by atoms with Crippen LogP contribution in [0.3, 0.4) is 0 Å². The maximum absolute atomic E-state index is 5.70. The minimum absolute atomic E-state index is 0.344. The first kappa shape index (κ1) is 10.4. The van der Waals surface area contributed by atoms with Crippen LogP contribution in [0.1, 0.15) is 6.42 Å². The van der Waals surface area contributed by atoms with Crippen molar-refractivity contribution in [3.05, 3.63) is 0 Å². The summed E-state index contributed by atoms with van der Waals surface area (Å²) in [7, 11) is 0. The summed E-state index contributed by atoms with van der Waals surface area (Å²) in [6, 6.07) is 0. The summed E-state index contributed by atoms with van der Waals surface area (Å²) in [6.07, 6.45) is 1.40. The zero-order valence-corrected chi connectivity index (χ0v) is 8.61. The molecule has 4 heteroatoms. The molecule has 0 amide bonds. The van der Waals surface area contributed by atoms with E-state index in [2.05, 4.69) is 4.90 Å². The fourth-order valence-corrected chi connectivity index (χ4v) is 1.82. The van der Waals surface area contributed by atoms with Crippen LogP contribution in [-0.4, -0.2) is 63.7 Å². The number of hydrogen-bond acceptors (Lipinski definition) is 4. The van der Waals surface area contributed by atoms with E-state index in [1.165, 1.54) is 0 Å². The molecule has 82 valence electrons. The summed E-state index contributed by atoms with van der Waals surface area (Å²) < 4.78 is 16.2. The van der Waals surface area contributed by atoms with Crippen LogP contribution in [0.2, 0.25) is 0 Å². The van der Waals surface area contributed by atoms with Crippen molar-refractivity contribution in [2.45, 2.75) is 12.5 Å². The van der Waals surface area contributed by atoms with Gasteiger partial charge in [0.05, 0.1) is 32.5 Å². The maximum atomic E-state index is 5.70. The van der Waals surface area contributed by atoms with Gasteiger partial charge in [-0.25, -0.2) is 0 Å². The Morgan fingerprint density at radius 2 is 2.00 bits per heavy atom. The molecule has 0 radical (unpaired) electrons. The molecule has 1 unspecified atom stereocenters. The predicted molar refractivity (Wildman–Crippen MR) is 52.4 cm³/mol. The molecule has 0 bridgehead atoms. The van der Waals surface area contributed by atoms with Crippen molar-refractivity contribution in [3.8, 4) is 0 Å².